The normalized spacial score (nSPS) is 9.09. The van der Waals surface area contributed by atoms with E-state index in [0.29, 0.717) is 0 Å². The van der Waals surface area contributed by atoms with Gasteiger partial charge in [0.25, 0.3) is 0 Å². The van der Waals surface area contributed by atoms with Crippen LogP contribution in [0.3, 0.4) is 0 Å². The van der Waals surface area contributed by atoms with Gasteiger partial charge in [0, 0.05) is 0 Å². The molecule has 0 saturated carbocycles. The number of ketones is 1. The molecule has 0 bridgehead atoms. The average molecular weight is 200 g/mol. The zero-order valence-corrected chi connectivity index (χ0v) is 8.04. The predicted molar refractivity (Wildman–Crippen MR) is 46.3 cm³/mol. The van der Waals surface area contributed by atoms with Crippen LogP contribution in [0.2, 0.25) is 0 Å². The van der Waals surface area contributed by atoms with Crippen molar-refractivity contribution >= 4 is 35.0 Å². The van der Waals surface area contributed by atoms with Gasteiger partial charge in [-0.1, -0.05) is 0 Å². The van der Waals surface area contributed by atoms with Gasteiger partial charge in [0.2, 0.25) is 5.24 Å². The summed E-state index contributed by atoms with van der Waals surface area (Å²) in [4.78, 5) is 22.6. The van der Waals surface area contributed by atoms with Crippen LogP contribution >= 0.6 is 24.0 Å². The van der Waals surface area contributed by atoms with Gasteiger partial charge in [-0.3, -0.25) is 9.59 Å². The lowest BCUT2D eigenvalue weighted by molar-refractivity contribution is -0.123. The monoisotopic (exact) mass is 199 g/mol. The number of Topliss-reactive ketones (excluding diaryl/α,β-unsaturated/α-hetero) is 1. The zero-order valence-electron chi connectivity index (χ0n) is 6.46. The van der Waals surface area contributed by atoms with Gasteiger partial charge in [0.05, 0.1) is 13.0 Å². The Labute approximate surface area is 77.1 Å². The lowest BCUT2D eigenvalue weighted by Crippen LogP contribution is -2.22. The molecule has 0 aromatic heterocycles. The molecule has 0 unspecified atom stereocenters. The maximum atomic E-state index is 10.7. The first-order chi connectivity index (χ1) is 4.52. The molecule has 0 heterocycles. The van der Waals surface area contributed by atoms with Crippen molar-refractivity contribution in [1.29, 1.82) is 0 Å². The highest BCUT2D eigenvalue weighted by molar-refractivity contribution is 6.64. The van der Waals surface area contributed by atoms with Crippen LogP contribution in [0.5, 0.6) is 0 Å². The number of carbonyl (C=O) groups excluding carboxylic acids is 2. The molecule has 0 amide bonds. The summed E-state index contributed by atoms with van der Waals surface area (Å²) in [6, 6.07) is 0. The van der Waals surface area contributed by atoms with Crippen LogP contribution < -0.4 is 0 Å². The zero-order chi connectivity index (χ0) is 8.15. The minimum atomic E-state index is -0.591. The van der Waals surface area contributed by atoms with E-state index in [0.717, 1.165) is 0 Å². The van der Waals surface area contributed by atoms with E-state index in [9.17, 15) is 9.59 Å². The third-order valence-corrected chi connectivity index (χ3v) is 0.962. The van der Waals surface area contributed by atoms with Gasteiger partial charge in [-0.2, -0.15) is 0 Å². The number of carbonyl (C=O) groups is 2. The molecule has 0 aliphatic heterocycles. The van der Waals surface area contributed by atoms with Gasteiger partial charge in [-0.05, 0) is 25.7 Å². The fraction of sp³-hybridized carbons (Fsp3) is 0.667. The van der Waals surface area contributed by atoms with Crippen LogP contribution in [-0.4, -0.2) is 36.6 Å². The second-order valence-corrected chi connectivity index (χ2v) is 2.73. The van der Waals surface area contributed by atoms with E-state index in [1.807, 2.05) is 0 Å². The predicted octanol–water partition coefficient (Wildman–Crippen LogP) is 0.694. The molecule has 11 heavy (non-hydrogen) atoms. The van der Waals surface area contributed by atoms with E-state index in [1.165, 1.54) is 0 Å². The Morgan fingerprint density at radius 1 is 1.36 bits per heavy atom. The van der Waals surface area contributed by atoms with E-state index in [-0.39, 0.29) is 31.2 Å². The summed E-state index contributed by atoms with van der Waals surface area (Å²) in [5, 5.41) is -0.591. The number of halogens is 2. The van der Waals surface area contributed by atoms with Gasteiger partial charge < -0.3 is 4.90 Å². The van der Waals surface area contributed by atoms with E-state index < -0.39 is 5.24 Å². The van der Waals surface area contributed by atoms with Crippen molar-refractivity contribution in [3.05, 3.63) is 0 Å². The summed E-state index contributed by atoms with van der Waals surface area (Å²) < 4.78 is 0. The van der Waals surface area contributed by atoms with Crippen molar-refractivity contribution < 1.29 is 9.59 Å². The van der Waals surface area contributed by atoms with Crippen LogP contribution in [0, 0.1) is 0 Å². The lowest BCUT2D eigenvalue weighted by Gasteiger charge is -2.05. The van der Waals surface area contributed by atoms with E-state index in [4.69, 9.17) is 11.6 Å². The summed E-state index contributed by atoms with van der Waals surface area (Å²) >= 11 is 4.98. The van der Waals surface area contributed by atoms with E-state index >= 15 is 0 Å². The quantitative estimate of drug-likeness (QED) is 0.495. The number of likely N-dealkylation sites (N-methyl/N-ethyl adjacent to an activating group) is 1. The molecule has 0 saturated heterocycles. The van der Waals surface area contributed by atoms with Crippen LogP contribution in [0.4, 0.5) is 0 Å². The molecule has 0 aromatic rings. The fourth-order valence-corrected chi connectivity index (χ4v) is 0.713. The topological polar surface area (TPSA) is 37.4 Å². The number of hydrogen-bond acceptors (Lipinski definition) is 3. The molecule has 3 nitrogen and oxygen atoms in total. The molecule has 66 valence electrons. The van der Waals surface area contributed by atoms with Crippen molar-refractivity contribution in [2.24, 2.45) is 0 Å². The van der Waals surface area contributed by atoms with Crippen molar-refractivity contribution in [3.8, 4) is 0 Å². The number of nitrogens with zero attached hydrogens (tertiary/aromatic N) is 1. The van der Waals surface area contributed by atoms with Gasteiger partial charge in [-0.15, -0.1) is 12.4 Å². The minimum absolute atomic E-state index is 0. The molecular formula is C6H11Cl2NO2. The Morgan fingerprint density at radius 3 is 2.09 bits per heavy atom. The third kappa shape index (κ3) is 9.88. The first kappa shape index (κ1) is 13.5. The number of rotatable bonds is 4. The van der Waals surface area contributed by atoms with Gasteiger partial charge >= 0.3 is 0 Å². The standard InChI is InChI=1S/C6H10ClNO2.ClH/c1-8(2)4-5(9)3-6(7)10;/h3-4H2,1-2H3;1H. The molecule has 0 aliphatic carbocycles. The summed E-state index contributed by atoms with van der Waals surface area (Å²) in [7, 11) is 3.52. The molecular weight excluding hydrogens is 189 g/mol. The minimum Gasteiger partial charge on any atom is -0.302 e. The highest BCUT2D eigenvalue weighted by atomic mass is 35.5. The summed E-state index contributed by atoms with van der Waals surface area (Å²) in [6.07, 6.45) is -0.167. The van der Waals surface area contributed by atoms with Crippen molar-refractivity contribution in [2.75, 3.05) is 20.6 Å². The van der Waals surface area contributed by atoms with Crippen LogP contribution in [0.15, 0.2) is 0 Å². The third-order valence-electron chi connectivity index (χ3n) is 0.829. The lowest BCUT2D eigenvalue weighted by atomic mass is 10.3. The summed E-state index contributed by atoms with van der Waals surface area (Å²) in [5.41, 5.74) is 0. The van der Waals surface area contributed by atoms with E-state index in [2.05, 4.69) is 0 Å². The first-order valence-corrected chi connectivity index (χ1v) is 3.25. The van der Waals surface area contributed by atoms with Crippen molar-refractivity contribution in [2.45, 2.75) is 6.42 Å². The second kappa shape index (κ2) is 6.58. The molecule has 0 radical (unpaired) electrons. The molecule has 0 rings (SSSR count). The highest BCUT2D eigenvalue weighted by Gasteiger charge is 2.06. The average Bonchev–Trinajstić information content (AvgIpc) is 1.58. The Bertz CT molecular complexity index is 148. The van der Waals surface area contributed by atoms with Crippen LogP contribution in [-0.2, 0) is 9.59 Å². The fourth-order valence-electron chi connectivity index (χ4n) is 0.564. The maximum absolute atomic E-state index is 10.7. The first-order valence-electron chi connectivity index (χ1n) is 2.87. The SMILES string of the molecule is CN(C)CC(=O)CC(=O)Cl.Cl. The molecule has 0 spiro atoms. The van der Waals surface area contributed by atoms with Crippen molar-refractivity contribution in [1.82, 2.24) is 4.90 Å². The largest absolute Gasteiger partial charge is 0.302 e. The van der Waals surface area contributed by atoms with Gasteiger partial charge in [0.15, 0.2) is 5.78 Å². The molecule has 5 heteroatoms. The molecule has 0 atom stereocenters. The Morgan fingerprint density at radius 2 is 1.82 bits per heavy atom. The van der Waals surface area contributed by atoms with E-state index in [1.54, 1.807) is 19.0 Å². The Balaban J connectivity index is 0. The smallest absolute Gasteiger partial charge is 0.229 e. The van der Waals surface area contributed by atoms with Crippen LogP contribution in [0.25, 0.3) is 0 Å². The van der Waals surface area contributed by atoms with Crippen molar-refractivity contribution in [3.63, 3.8) is 0 Å². The Hall–Kier alpha value is -0.120. The summed E-state index contributed by atoms with van der Waals surface area (Å²) in [6.45, 7) is 0.276. The summed E-state index contributed by atoms with van der Waals surface area (Å²) in [5.74, 6) is -0.148. The molecule has 0 N–H and O–H groups in total. The van der Waals surface area contributed by atoms with Gasteiger partial charge in [0.1, 0.15) is 0 Å². The second-order valence-electron chi connectivity index (χ2n) is 2.31. The van der Waals surface area contributed by atoms with Crippen LogP contribution in [0.1, 0.15) is 6.42 Å². The Kier molecular flexibility index (Phi) is 8.06. The molecule has 0 aromatic carbocycles. The molecule has 0 aliphatic rings. The number of hydrogen-bond donors (Lipinski definition) is 0. The maximum Gasteiger partial charge on any atom is 0.229 e. The highest BCUT2D eigenvalue weighted by Crippen LogP contribution is 1.90. The van der Waals surface area contributed by atoms with Gasteiger partial charge in [-0.25, -0.2) is 0 Å². The molecule has 0 fully saturated rings.